The number of amides is 1. The number of carbonyl (C=O) groups excluding carboxylic acids is 1. The highest BCUT2D eigenvalue weighted by Crippen LogP contribution is 2.33. The Morgan fingerprint density at radius 3 is 2.17 bits per heavy atom. The maximum atomic E-state index is 13.2. The monoisotopic (exact) mass is 545 g/mol. The van der Waals surface area contributed by atoms with Crippen LogP contribution in [0.5, 0.6) is 5.75 Å². The maximum absolute atomic E-state index is 13.2. The Kier molecular flexibility index (Phi) is 8.39. The van der Waals surface area contributed by atoms with Gasteiger partial charge in [0.2, 0.25) is 0 Å². The average molecular weight is 546 g/mol. The van der Waals surface area contributed by atoms with Crippen molar-refractivity contribution < 1.29 is 23.7 Å². The molecule has 2 fully saturated rings. The summed E-state index contributed by atoms with van der Waals surface area (Å²) < 4.78 is 19.4. The molecule has 0 N–H and O–H groups in total. The minimum atomic E-state index is -0.185. The van der Waals surface area contributed by atoms with Gasteiger partial charge in [-0.1, -0.05) is 42.5 Å². The molecule has 0 aromatic heterocycles. The van der Waals surface area contributed by atoms with Crippen molar-refractivity contribution >= 4 is 5.91 Å². The van der Waals surface area contributed by atoms with Gasteiger partial charge in [-0.15, -0.1) is 0 Å². The van der Waals surface area contributed by atoms with E-state index < -0.39 is 0 Å². The highest BCUT2D eigenvalue weighted by Gasteiger charge is 2.35. The second-order valence-corrected chi connectivity index (χ2v) is 10.9. The van der Waals surface area contributed by atoms with Gasteiger partial charge in [-0.2, -0.15) is 0 Å². The molecule has 7 nitrogen and oxygen atoms in total. The number of rotatable bonds is 8. The SMILES string of the molecule is O=C1c2cccc(OCc3ccc(CN4CCN(Cc5ccc(F)cc5)CC4)cc3)c2CN1C1CCCOOC1. The summed E-state index contributed by atoms with van der Waals surface area (Å²) in [6.07, 6.45) is 1.74. The lowest BCUT2D eigenvalue weighted by atomic mass is 10.1. The normalized spacial score (nSPS) is 20.4. The molecule has 6 rings (SSSR count). The maximum Gasteiger partial charge on any atom is 0.254 e. The van der Waals surface area contributed by atoms with Crippen molar-refractivity contribution in [2.75, 3.05) is 39.4 Å². The summed E-state index contributed by atoms with van der Waals surface area (Å²) in [6, 6.07) is 21.2. The fraction of sp³-hybridized carbons (Fsp3) is 0.406. The van der Waals surface area contributed by atoms with Crippen molar-refractivity contribution in [2.45, 2.75) is 45.1 Å². The van der Waals surface area contributed by atoms with Gasteiger partial charge >= 0.3 is 0 Å². The van der Waals surface area contributed by atoms with Gasteiger partial charge in [-0.25, -0.2) is 14.2 Å². The van der Waals surface area contributed by atoms with E-state index in [1.54, 1.807) is 0 Å². The van der Waals surface area contributed by atoms with Crippen LogP contribution in [0.3, 0.4) is 0 Å². The van der Waals surface area contributed by atoms with Crippen LogP contribution in [0.1, 0.15) is 45.5 Å². The summed E-state index contributed by atoms with van der Waals surface area (Å²) in [4.78, 5) is 30.3. The Bertz CT molecular complexity index is 1280. The van der Waals surface area contributed by atoms with Crippen LogP contribution >= 0.6 is 0 Å². The Morgan fingerprint density at radius 1 is 0.825 bits per heavy atom. The standard InChI is InChI=1S/C32H36FN3O4/c33-27-12-10-25(11-13-27)20-35-16-14-34(15-17-35)19-24-6-8-26(9-7-24)22-38-31-5-1-4-29-30(31)21-36(32(29)37)28-3-2-18-39-40-23-28/h1,4-13,28H,2-3,14-23H2. The third kappa shape index (κ3) is 6.36. The molecule has 3 aliphatic rings. The van der Waals surface area contributed by atoms with Gasteiger partial charge in [0.15, 0.2) is 0 Å². The summed E-state index contributed by atoms with van der Waals surface area (Å²) in [6.45, 7) is 7.78. The van der Waals surface area contributed by atoms with Crippen LogP contribution in [0.15, 0.2) is 66.7 Å². The van der Waals surface area contributed by atoms with Gasteiger partial charge < -0.3 is 9.64 Å². The van der Waals surface area contributed by atoms with Crippen LogP contribution in [0, 0.1) is 5.82 Å². The molecule has 3 aromatic rings. The molecule has 0 bridgehead atoms. The van der Waals surface area contributed by atoms with Crippen molar-refractivity contribution in [3.05, 3.63) is 100 Å². The van der Waals surface area contributed by atoms with Crippen molar-refractivity contribution in [3.8, 4) is 5.75 Å². The molecular formula is C32H36FN3O4. The van der Waals surface area contributed by atoms with Gasteiger partial charge in [0.25, 0.3) is 5.91 Å². The predicted molar refractivity (Wildman–Crippen MR) is 149 cm³/mol. The van der Waals surface area contributed by atoms with Crippen LogP contribution in [0.25, 0.3) is 0 Å². The van der Waals surface area contributed by atoms with Crippen molar-refractivity contribution in [2.24, 2.45) is 0 Å². The van der Waals surface area contributed by atoms with Crippen LogP contribution < -0.4 is 4.74 Å². The fourth-order valence-corrected chi connectivity index (χ4v) is 5.76. The molecule has 3 aromatic carbocycles. The molecule has 0 radical (unpaired) electrons. The molecule has 0 spiro atoms. The number of piperazine rings is 1. The minimum Gasteiger partial charge on any atom is -0.489 e. The van der Waals surface area contributed by atoms with Gasteiger partial charge in [0.05, 0.1) is 19.2 Å². The van der Waals surface area contributed by atoms with Crippen molar-refractivity contribution in [1.82, 2.24) is 14.7 Å². The number of nitrogens with zero attached hydrogens (tertiary/aromatic N) is 3. The van der Waals surface area contributed by atoms with Gasteiger partial charge in [0, 0.05) is 50.4 Å². The molecule has 0 aliphatic carbocycles. The molecule has 1 atom stereocenters. The molecule has 2 saturated heterocycles. The summed E-state index contributed by atoms with van der Waals surface area (Å²) in [5.41, 5.74) is 5.21. The number of carbonyl (C=O) groups is 1. The first-order chi connectivity index (χ1) is 19.6. The van der Waals surface area contributed by atoms with E-state index in [0.29, 0.717) is 26.4 Å². The van der Waals surface area contributed by atoms with Crippen LogP contribution in [0.2, 0.25) is 0 Å². The molecule has 40 heavy (non-hydrogen) atoms. The lowest BCUT2D eigenvalue weighted by molar-refractivity contribution is -0.292. The van der Waals surface area contributed by atoms with E-state index in [0.717, 1.165) is 80.1 Å². The summed E-state index contributed by atoms with van der Waals surface area (Å²) >= 11 is 0. The lowest BCUT2D eigenvalue weighted by Gasteiger charge is -2.34. The quantitative estimate of drug-likeness (QED) is 0.380. The lowest BCUT2D eigenvalue weighted by Crippen LogP contribution is -2.45. The number of benzene rings is 3. The van der Waals surface area contributed by atoms with E-state index >= 15 is 0 Å². The largest absolute Gasteiger partial charge is 0.489 e. The molecule has 1 amide bonds. The highest BCUT2D eigenvalue weighted by atomic mass is 19.1. The topological polar surface area (TPSA) is 54.5 Å². The molecule has 210 valence electrons. The first kappa shape index (κ1) is 26.9. The zero-order chi connectivity index (χ0) is 27.3. The minimum absolute atomic E-state index is 0.0144. The summed E-state index contributed by atoms with van der Waals surface area (Å²) in [5.74, 6) is 0.619. The third-order valence-electron chi connectivity index (χ3n) is 8.11. The van der Waals surface area contributed by atoms with Crippen LogP contribution in [-0.2, 0) is 36.0 Å². The highest BCUT2D eigenvalue weighted by molar-refractivity contribution is 5.99. The second-order valence-electron chi connectivity index (χ2n) is 10.9. The molecule has 3 aliphatic heterocycles. The van der Waals surface area contributed by atoms with Crippen LogP contribution in [-0.4, -0.2) is 66.0 Å². The molecule has 3 heterocycles. The first-order valence-corrected chi connectivity index (χ1v) is 14.2. The third-order valence-corrected chi connectivity index (χ3v) is 8.11. The van der Waals surface area contributed by atoms with Crippen molar-refractivity contribution in [1.29, 1.82) is 0 Å². The zero-order valence-corrected chi connectivity index (χ0v) is 22.8. The van der Waals surface area contributed by atoms with E-state index in [9.17, 15) is 9.18 Å². The van der Waals surface area contributed by atoms with E-state index in [2.05, 4.69) is 34.1 Å². The average Bonchev–Trinajstić information content (AvgIpc) is 3.13. The predicted octanol–water partition coefficient (Wildman–Crippen LogP) is 4.79. The molecular weight excluding hydrogens is 509 g/mol. The second kappa shape index (κ2) is 12.5. The fourth-order valence-electron chi connectivity index (χ4n) is 5.76. The Labute approximate surface area is 235 Å². The smallest absolute Gasteiger partial charge is 0.254 e. The van der Waals surface area contributed by atoms with E-state index in [-0.39, 0.29) is 17.8 Å². The summed E-state index contributed by atoms with van der Waals surface area (Å²) in [7, 11) is 0. The van der Waals surface area contributed by atoms with Gasteiger partial charge in [-0.3, -0.25) is 14.6 Å². The number of halogens is 1. The number of hydrogen-bond donors (Lipinski definition) is 0. The van der Waals surface area contributed by atoms with Crippen LogP contribution in [0.4, 0.5) is 4.39 Å². The Balaban J connectivity index is 0.992. The van der Waals surface area contributed by atoms with Gasteiger partial charge in [0.1, 0.15) is 24.8 Å². The Morgan fingerprint density at radius 2 is 1.48 bits per heavy atom. The molecule has 0 saturated carbocycles. The number of fused-ring (bicyclic) bond motifs is 1. The van der Waals surface area contributed by atoms with E-state index in [1.165, 1.54) is 17.7 Å². The number of ether oxygens (including phenoxy) is 1. The molecule has 1 unspecified atom stereocenters. The zero-order valence-electron chi connectivity index (χ0n) is 22.8. The number of hydrogen-bond acceptors (Lipinski definition) is 6. The van der Waals surface area contributed by atoms with Crippen molar-refractivity contribution in [3.63, 3.8) is 0 Å². The van der Waals surface area contributed by atoms with E-state index in [1.807, 2.05) is 35.2 Å². The molecule has 8 heteroatoms. The van der Waals surface area contributed by atoms with Gasteiger partial charge in [-0.05, 0) is 53.8 Å². The van der Waals surface area contributed by atoms with E-state index in [4.69, 9.17) is 14.5 Å². The Hall–Kier alpha value is -3.30. The first-order valence-electron chi connectivity index (χ1n) is 14.2. The summed E-state index contributed by atoms with van der Waals surface area (Å²) in [5, 5.41) is 0.